The molecule has 1 heterocycles. The Balaban J connectivity index is 2.12. The topological polar surface area (TPSA) is 18.5 Å². The molecule has 0 amide bonds. The smallest absolute Gasteiger partial charge is 0.120 e. The van der Waals surface area contributed by atoms with Gasteiger partial charge in [-0.05, 0) is 38.0 Å². The molecule has 0 spiro atoms. The molecule has 1 aromatic carbocycles. The summed E-state index contributed by atoms with van der Waals surface area (Å²) < 4.78 is 12.1. The van der Waals surface area contributed by atoms with Crippen molar-refractivity contribution in [2.24, 2.45) is 5.92 Å². The van der Waals surface area contributed by atoms with Crippen LogP contribution in [-0.2, 0) is 4.74 Å². The van der Waals surface area contributed by atoms with Crippen molar-refractivity contribution in [1.82, 2.24) is 0 Å². The predicted octanol–water partition coefficient (Wildman–Crippen LogP) is 4.55. The van der Waals surface area contributed by atoms with Crippen LogP contribution < -0.4 is 4.74 Å². The number of hydrogen-bond donors (Lipinski definition) is 0. The van der Waals surface area contributed by atoms with Crippen LogP contribution in [0.4, 0.5) is 0 Å². The molecule has 0 aliphatic carbocycles. The number of rotatable bonds is 4. The number of alkyl halides is 1. The fraction of sp³-hybridized carbons (Fsp3) is 0.571. The second-order valence-corrected chi connectivity index (χ2v) is 5.98. The van der Waals surface area contributed by atoms with Gasteiger partial charge in [-0.3, -0.25) is 0 Å². The number of ether oxygens (including phenoxy) is 2. The Morgan fingerprint density at radius 2 is 2.33 bits per heavy atom. The van der Waals surface area contributed by atoms with Crippen LogP contribution in [0.2, 0.25) is 0 Å². The Labute approximate surface area is 122 Å². The van der Waals surface area contributed by atoms with Gasteiger partial charge in [-0.25, -0.2) is 0 Å². The van der Waals surface area contributed by atoms with E-state index in [2.05, 4.69) is 22.9 Å². The van der Waals surface area contributed by atoms with E-state index in [-0.39, 0.29) is 5.38 Å². The third kappa shape index (κ3) is 3.19. The van der Waals surface area contributed by atoms with Gasteiger partial charge in [0.05, 0.1) is 24.7 Å². The minimum absolute atomic E-state index is 0.0139. The highest BCUT2D eigenvalue weighted by atomic mass is 79.9. The Morgan fingerprint density at radius 3 is 2.89 bits per heavy atom. The molecule has 0 saturated carbocycles. The molecule has 1 aromatic rings. The second kappa shape index (κ2) is 6.27. The molecule has 0 aromatic heterocycles. The van der Waals surface area contributed by atoms with Crippen LogP contribution in [0.1, 0.15) is 31.2 Å². The van der Waals surface area contributed by atoms with Gasteiger partial charge in [0.1, 0.15) is 5.75 Å². The van der Waals surface area contributed by atoms with Crippen molar-refractivity contribution in [2.45, 2.75) is 31.7 Å². The summed E-state index contributed by atoms with van der Waals surface area (Å²) in [6, 6.07) is 5.99. The van der Waals surface area contributed by atoms with Crippen molar-refractivity contribution < 1.29 is 9.47 Å². The molecule has 1 aliphatic heterocycles. The lowest BCUT2D eigenvalue weighted by molar-refractivity contribution is 0.120. The Kier molecular flexibility index (Phi) is 4.93. The van der Waals surface area contributed by atoms with Crippen molar-refractivity contribution in [2.75, 3.05) is 13.2 Å². The van der Waals surface area contributed by atoms with Gasteiger partial charge >= 0.3 is 0 Å². The summed E-state index contributed by atoms with van der Waals surface area (Å²) in [6.07, 6.45) is 1.34. The molecular formula is C14H18BrClO2. The molecule has 100 valence electrons. The summed E-state index contributed by atoms with van der Waals surface area (Å²) in [5.41, 5.74) is 1.11. The Morgan fingerprint density at radius 1 is 1.56 bits per heavy atom. The van der Waals surface area contributed by atoms with E-state index in [1.54, 1.807) is 0 Å². The number of halogens is 2. The zero-order valence-corrected chi connectivity index (χ0v) is 13.0. The van der Waals surface area contributed by atoms with Gasteiger partial charge in [-0.1, -0.05) is 22.0 Å². The Bertz CT molecular complexity index is 411. The summed E-state index contributed by atoms with van der Waals surface area (Å²) in [6.45, 7) is 5.49. The van der Waals surface area contributed by atoms with E-state index < -0.39 is 0 Å². The summed E-state index contributed by atoms with van der Waals surface area (Å²) in [7, 11) is 0. The molecule has 0 radical (unpaired) electrons. The third-order valence-electron chi connectivity index (χ3n) is 3.22. The molecule has 2 nitrogen and oxygen atoms in total. The lowest BCUT2D eigenvalue weighted by atomic mass is 9.96. The van der Waals surface area contributed by atoms with Crippen molar-refractivity contribution in [3.8, 4) is 5.75 Å². The van der Waals surface area contributed by atoms with Crippen LogP contribution in [0.3, 0.4) is 0 Å². The molecule has 3 unspecified atom stereocenters. The van der Waals surface area contributed by atoms with Crippen LogP contribution in [0.5, 0.6) is 5.75 Å². The maximum absolute atomic E-state index is 6.56. The van der Waals surface area contributed by atoms with Gasteiger partial charge in [0.25, 0.3) is 0 Å². The highest BCUT2D eigenvalue weighted by molar-refractivity contribution is 9.10. The van der Waals surface area contributed by atoms with Crippen molar-refractivity contribution in [3.05, 3.63) is 28.2 Å². The standard InChI is InChI=1S/C14H18BrClO2/c1-3-17-11-4-5-12(13(15)7-11)14(16)10-6-9(2)18-8-10/h4-5,7,9-10,14H,3,6,8H2,1-2H3. The maximum Gasteiger partial charge on any atom is 0.120 e. The fourth-order valence-electron chi connectivity index (χ4n) is 2.30. The monoisotopic (exact) mass is 332 g/mol. The normalized spacial score (nSPS) is 25.1. The molecule has 18 heavy (non-hydrogen) atoms. The summed E-state index contributed by atoms with van der Waals surface area (Å²) >= 11 is 10.1. The first-order chi connectivity index (χ1) is 8.61. The quantitative estimate of drug-likeness (QED) is 0.752. The van der Waals surface area contributed by atoms with Gasteiger partial charge in [-0.15, -0.1) is 11.6 Å². The maximum atomic E-state index is 6.56. The van der Waals surface area contributed by atoms with Crippen molar-refractivity contribution in [1.29, 1.82) is 0 Å². The lowest BCUT2D eigenvalue weighted by Crippen LogP contribution is -2.08. The SMILES string of the molecule is CCOc1ccc(C(Cl)C2COC(C)C2)c(Br)c1. The summed E-state index contributed by atoms with van der Waals surface area (Å²) in [5.74, 6) is 1.25. The average molecular weight is 334 g/mol. The molecule has 4 heteroatoms. The number of hydrogen-bond acceptors (Lipinski definition) is 2. The van der Waals surface area contributed by atoms with E-state index in [1.165, 1.54) is 0 Å². The molecule has 0 N–H and O–H groups in total. The molecular weight excluding hydrogens is 316 g/mol. The second-order valence-electron chi connectivity index (χ2n) is 4.66. The first-order valence-corrected chi connectivity index (χ1v) is 7.52. The zero-order valence-electron chi connectivity index (χ0n) is 10.7. The van der Waals surface area contributed by atoms with E-state index in [1.807, 2.05) is 25.1 Å². The van der Waals surface area contributed by atoms with E-state index in [0.29, 0.717) is 18.6 Å². The summed E-state index contributed by atoms with van der Waals surface area (Å²) in [4.78, 5) is 0. The largest absolute Gasteiger partial charge is 0.494 e. The van der Waals surface area contributed by atoms with Gasteiger partial charge in [0, 0.05) is 10.4 Å². The van der Waals surface area contributed by atoms with Crippen LogP contribution in [0.25, 0.3) is 0 Å². The first kappa shape index (κ1) is 14.2. The highest BCUT2D eigenvalue weighted by Crippen LogP contribution is 2.40. The number of benzene rings is 1. The molecule has 0 bridgehead atoms. The molecule has 3 atom stereocenters. The van der Waals surface area contributed by atoms with E-state index in [9.17, 15) is 0 Å². The van der Waals surface area contributed by atoms with Gasteiger partial charge in [-0.2, -0.15) is 0 Å². The predicted molar refractivity (Wildman–Crippen MR) is 77.4 cm³/mol. The van der Waals surface area contributed by atoms with Crippen molar-refractivity contribution >= 4 is 27.5 Å². The van der Waals surface area contributed by atoms with Crippen LogP contribution in [0.15, 0.2) is 22.7 Å². The fourth-order valence-corrected chi connectivity index (χ4v) is 3.40. The van der Waals surface area contributed by atoms with Crippen LogP contribution in [-0.4, -0.2) is 19.3 Å². The molecule has 1 fully saturated rings. The van der Waals surface area contributed by atoms with Gasteiger partial charge < -0.3 is 9.47 Å². The van der Waals surface area contributed by atoms with Crippen molar-refractivity contribution in [3.63, 3.8) is 0 Å². The van der Waals surface area contributed by atoms with E-state index >= 15 is 0 Å². The van der Waals surface area contributed by atoms with Crippen LogP contribution in [0, 0.1) is 5.92 Å². The molecule has 2 rings (SSSR count). The Hall–Kier alpha value is -0.250. The highest BCUT2D eigenvalue weighted by Gasteiger charge is 2.30. The van der Waals surface area contributed by atoms with Crippen LogP contribution >= 0.6 is 27.5 Å². The minimum Gasteiger partial charge on any atom is -0.494 e. The minimum atomic E-state index is -0.0139. The van der Waals surface area contributed by atoms with Gasteiger partial charge in [0.15, 0.2) is 0 Å². The third-order valence-corrected chi connectivity index (χ3v) is 4.50. The van der Waals surface area contributed by atoms with E-state index in [0.717, 1.165) is 28.8 Å². The zero-order chi connectivity index (χ0) is 13.1. The lowest BCUT2D eigenvalue weighted by Gasteiger charge is -2.18. The first-order valence-electron chi connectivity index (χ1n) is 6.29. The van der Waals surface area contributed by atoms with Gasteiger partial charge in [0.2, 0.25) is 0 Å². The molecule has 1 saturated heterocycles. The van der Waals surface area contributed by atoms with E-state index in [4.69, 9.17) is 21.1 Å². The summed E-state index contributed by atoms with van der Waals surface area (Å²) in [5, 5.41) is -0.0139. The molecule has 1 aliphatic rings. The average Bonchev–Trinajstić information content (AvgIpc) is 2.76.